The Morgan fingerprint density at radius 2 is 1.92 bits per heavy atom. The van der Waals surface area contributed by atoms with Crippen LogP contribution in [0.25, 0.3) is 5.69 Å². The van der Waals surface area contributed by atoms with Gasteiger partial charge in [-0.3, -0.25) is 4.79 Å². The van der Waals surface area contributed by atoms with Crippen LogP contribution in [0.1, 0.15) is 32.9 Å². The average molecular weight is 352 g/mol. The molecule has 0 aliphatic heterocycles. The molecule has 0 fully saturated rings. The van der Waals surface area contributed by atoms with Gasteiger partial charge in [0.2, 0.25) is 5.95 Å². The van der Waals surface area contributed by atoms with Gasteiger partial charge in [0.05, 0.1) is 11.4 Å². The maximum absolute atomic E-state index is 13.3. The van der Waals surface area contributed by atoms with Crippen LogP contribution in [-0.4, -0.2) is 32.6 Å². The second kappa shape index (κ2) is 7.07. The zero-order valence-electron chi connectivity index (χ0n) is 15.3. The van der Waals surface area contributed by atoms with Crippen LogP contribution in [0, 0.1) is 26.7 Å². The molecular formula is C20H21FN4O. The van der Waals surface area contributed by atoms with E-state index in [1.54, 1.807) is 11.9 Å². The van der Waals surface area contributed by atoms with Crippen molar-refractivity contribution in [2.24, 2.45) is 0 Å². The van der Waals surface area contributed by atoms with E-state index in [9.17, 15) is 9.18 Å². The van der Waals surface area contributed by atoms with Crippen LogP contribution in [0.15, 0.2) is 42.6 Å². The second-order valence-electron chi connectivity index (χ2n) is 6.38. The number of halogens is 1. The van der Waals surface area contributed by atoms with E-state index in [-0.39, 0.29) is 11.5 Å². The summed E-state index contributed by atoms with van der Waals surface area (Å²) in [5.41, 5.74) is 5.26. The number of pyridine rings is 1. The van der Waals surface area contributed by atoms with Crippen molar-refractivity contribution >= 4 is 5.91 Å². The van der Waals surface area contributed by atoms with Gasteiger partial charge in [-0.05, 0) is 38.5 Å². The van der Waals surface area contributed by atoms with Crippen molar-refractivity contribution in [1.82, 2.24) is 19.7 Å². The Bertz CT molecular complexity index is 964. The van der Waals surface area contributed by atoms with Crippen molar-refractivity contribution < 1.29 is 9.18 Å². The van der Waals surface area contributed by atoms with Crippen LogP contribution in [-0.2, 0) is 6.54 Å². The SMILES string of the molecule is Cc1ccccc1-n1nc(C)c(CN(C)C(=O)c2ccnc(F)c2)c1C. The third-order valence-corrected chi connectivity index (χ3v) is 4.50. The molecule has 0 unspecified atom stereocenters. The lowest BCUT2D eigenvalue weighted by atomic mass is 10.1. The van der Waals surface area contributed by atoms with Crippen LogP contribution < -0.4 is 0 Å². The first-order chi connectivity index (χ1) is 12.4. The molecule has 2 heterocycles. The average Bonchev–Trinajstić information content (AvgIpc) is 2.89. The summed E-state index contributed by atoms with van der Waals surface area (Å²) in [5.74, 6) is -0.919. The molecule has 134 valence electrons. The lowest BCUT2D eigenvalue weighted by Crippen LogP contribution is -2.26. The fraction of sp³-hybridized carbons (Fsp3) is 0.250. The van der Waals surface area contributed by atoms with Gasteiger partial charge >= 0.3 is 0 Å². The summed E-state index contributed by atoms with van der Waals surface area (Å²) in [6.07, 6.45) is 1.29. The van der Waals surface area contributed by atoms with Crippen LogP contribution in [0.3, 0.4) is 0 Å². The Balaban J connectivity index is 1.89. The van der Waals surface area contributed by atoms with Gasteiger partial charge in [0.1, 0.15) is 0 Å². The lowest BCUT2D eigenvalue weighted by Gasteiger charge is -2.18. The minimum atomic E-state index is -0.663. The van der Waals surface area contributed by atoms with Crippen LogP contribution >= 0.6 is 0 Å². The Kier molecular flexibility index (Phi) is 4.84. The molecule has 0 N–H and O–H groups in total. The number of carbonyl (C=O) groups excluding carboxylic acids is 1. The van der Waals surface area contributed by atoms with Gasteiger partial charge in [0, 0.05) is 42.7 Å². The molecule has 0 radical (unpaired) electrons. The molecule has 6 heteroatoms. The van der Waals surface area contributed by atoms with Gasteiger partial charge in [-0.25, -0.2) is 9.67 Å². The zero-order chi connectivity index (χ0) is 18.8. The number of carbonyl (C=O) groups is 1. The fourth-order valence-corrected chi connectivity index (χ4v) is 3.00. The second-order valence-corrected chi connectivity index (χ2v) is 6.38. The highest BCUT2D eigenvalue weighted by Crippen LogP contribution is 2.22. The maximum Gasteiger partial charge on any atom is 0.254 e. The van der Waals surface area contributed by atoms with E-state index >= 15 is 0 Å². The highest BCUT2D eigenvalue weighted by atomic mass is 19.1. The summed E-state index contributed by atoms with van der Waals surface area (Å²) in [4.78, 5) is 17.6. The Morgan fingerprint density at radius 3 is 2.62 bits per heavy atom. The number of hydrogen-bond donors (Lipinski definition) is 0. The first-order valence-corrected chi connectivity index (χ1v) is 8.36. The summed E-state index contributed by atoms with van der Waals surface area (Å²) in [5, 5.41) is 4.65. The van der Waals surface area contributed by atoms with Crippen molar-refractivity contribution in [1.29, 1.82) is 0 Å². The Hall–Kier alpha value is -3.02. The van der Waals surface area contributed by atoms with Crippen LogP contribution in [0.4, 0.5) is 4.39 Å². The van der Waals surface area contributed by atoms with E-state index in [1.807, 2.05) is 49.7 Å². The van der Waals surface area contributed by atoms with E-state index in [2.05, 4.69) is 10.1 Å². The number of nitrogens with zero attached hydrogens (tertiary/aromatic N) is 4. The van der Waals surface area contributed by atoms with E-state index in [0.29, 0.717) is 6.54 Å². The minimum Gasteiger partial charge on any atom is -0.337 e. The molecule has 0 saturated carbocycles. The monoisotopic (exact) mass is 352 g/mol. The van der Waals surface area contributed by atoms with E-state index in [0.717, 1.165) is 34.3 Å². The quantitative estimate of drug-likeness (QED) is 0.674. The number of benzene rings is 1. The molecule has 0 saturated heterocycles. The smallest absolute Gasteiger partial charge is 0.254 e. The van der Waals surface area contributed by atoms with E-state index in [4.69, 9.17) is 0 Å². The van der Waals surface area contributed by atoms with Gasteiger partial charge in [0.15, 0.2) is 0 Å². The molecule has 5 nitrogen and oxygen atoms in total. The predicted octanol–water partition coefficient (Wildman–Crippen LogP) is 3.60. The topological polar surface area (TPSA) is 51.0 Å². The van der Waals surface area contributed by atoms with Crippen LogP contribution in [0.2, 0.25) is 0 Å². The van der Waals surface area contributed by atoms with Crippen molar-refractivity contribution in [3.63, 3.8) is 0 Å². The normalized spacial score (nSPS) is 10.8. The zero-order valence-corrected chi connectivity index (χ0v) is 15.3. The molecule has 1 amide bonds. The number of aromatic nitrogens is 3. The largest absolute Gasteiger partial charge is 0.337 e. The molecule has 0 aliphatic carbocycles. The molecule has 1 aromatic carbocycles. The number of rotatable bonds is 4. The molecule has 2 aromatic heterocycles. The summed E-state index contributed by atoms with van der Waals surface area (Å²) in [6, 6.07) is 10.7. The summed E-state index contributed by atoms with van der Waals surface area (Å²) >= 11 is 0. The third-order valence-electron chi connectivity index (χ3n) is 4.50. The van der Waals surface area contributed by atoms with Crippen molar-refractivity contribution in [3.05, 3.63) is 76.6 Å². The minimum absolute atomic E-state index is 0.256. The predicted molar refractivity (Wildman–Crippen MR) is 97.8 cm³/mol. The highest BCUT2D eigenvalue weighted by Gasteiger charge is 2.19. The fourth-order valence-electron chi connectivity index (χ4n) is 3.00. The lowest BCUT2D eigenvalue weighted by molar-refractivity contribution is 0.0784. The van der Waals surface area contributed by atoms with Crippen molar-refractivity contribution in [2.75, 3.05) is 7.05 Å². The van der Waals surface area contributed by atoms with Gasteiger partial charge in [-0.1, -0.05) is 18.2 Å². The summed E-state index contributed by atoms with van der Waals surface area (Å²) in [7, 11) is 1.70. The van der Waals surface area contributed by atoms with Gasteiger partial charge in [-0.15, -0.1) is 0 Å². The number of aryl methyl sites for hydroxylation is 2. The van der Waals surface area contributed by atoms with Gasteiger partial charge in [0.25, 0.3) is 5.91 Å². The first-order valence-electron chi connectivity index (χ1n) is 8.36. The van der Waals surface area contributed by atoms with Crippen molar-refractivity contribution in [2.45, 2.75) is 27.3 Å². The van der Waals surface area contributed by atoms with E-state index < -0.39 is 5.95 Å². The molecular weight excluding hydrogens is 331 g/mol. The van der Waals surface area contributed by atoms with Crippen molar-refractivity contribution in [3.8, 4) is 5.69 Å². The molecule has 3 rings (SSSR count). The van der Waals surface area contributed by atoms with Gasteiger partial charge < -0.3 is 4.90 Å². The number of hydrogen-bond acceptors (Lipinski definition) is 3. The highest BCUT2D eigenvalue weighted by molar-refractivity contribution is 5.93. The standard InChI is InChI=1S/C20H21FN4O/c1-13-7-5-6-8-18(13)25-15(3)17(14(2)23-25)12-24(4)20(26)16-9-10-22-19(21)11-16/h5-11H,12H2,1-4H3. The molecule has 26 heavy (non-hydrogen) atoms. The Labute approximate surface area is 152 Å². The first kappa shape index (κ1) is 17.8. The van der Waals surface area contributed by atoms with Crippen LogP contribution in [0.5, 0.6) is 0 Å². The van der Waals surface area contributed by atoms with E-state index in [1.165, 1.54) is 12.3 Å². The molecule has 0 bridgehead atoms. The third kappa shape index (κ3) is 3.35. The number of amides is 1. The molecule has 3 aromatic rings. The Morgan fingerprint density at radius 1 is 1.19 bits per heavy atom. The van der Waals surface area contributed by atoms with Gasteiger partial charge in [-0.2, -0.15) is 9.49 Å². The molecule has 0 aliphatic rings. The molecule has 0 spiro atoms. The summed E-state index contributed by atoms with van der Waals surface area (Å²) < 4.78 is 15.2. The molecule has 0 atom stereocenters. The number of para-hydroxylation sites is 1. The maximum atomic E-state index is 13.3. The summed E-state index contributed by atoms with van der Waals surface area (Å²) in [6.45, 7) is 6.36.